The number of carbonyl (C=O) groups is 1. The molecule has 3 heterocycles. The molecule has 1 unspecified atom stereocenters. The van der Waals surface area contributed by atoms with Gasteiger partial charge in [0.1, 0.15) is 4.83 Å². The molecule has 5 rings (SSSR count). The highest BCUT2D eigenvalue weighted by Crippen LogP contribution is 2.36. The predicted molar refractivity (Wildman–Crippen MR) is 142 cm³/mol. The van der Waals surface area contributed by atoms with Crippen molar-refractivity contribution in [2.75, 3.05) is 39.4 Å². The number of hydrogen-bond acceptors (Lipinski definition) is 7. The van der Waals surface area contributed by atoms with E-state index in [2.05, 4.69) is 10.2 Å². The van der Waals surface area contributed by atoms with Crippen molar-refractivity contribution in [2.24, 2.45) is 0 Å². The quantitative estimate of drug-likeness (QED) is 0.385. The van der Waals surface area contributed by atoms with Crippen LogP contribution in [0.5, 0.6) is 0 Å². The number of ether oxygens (including phenoxy) is 1. The summed E-state index contributed by atoms with van der Waals surface area (Å²) in [5.74, 6) is -0.0422. The van der Waals surface area contributed by atoms with Crippen molar-refractivity contribution in [1.82, 2.24) is 19.8 Å². The lowest BCUT2D eigenvalue weighted by Gasteiger charge is -2.26. The van der Waals surface area contributed by atoms with Crippen molar-refractivity contribution in [3.05, 3.63) is 50.6 Å². The molecule has 35 heavy (non-hydrogen) atoms. The Labute approximate surface area is 213 Å². The van der Waals surface area contributed by atoms with Gasteiger partial charge in [0, 0.05) is 31.1 Å². The number of aromatic nitrogens is 2. The number of fused-ring (bicyclic) bond motifs is 3. The number of rotatable bonds is 7. The molecule has 1 fully saturated rings. The highest BCUT2D eigenvalue weighted by atomic mass is 32.2. The SMILES string of the molecule is Cc1ccccc1-n1c(SC(C)C(=O)NCCN2CCOCC2)nc2sc3c(c2c1=O)CCCC3. The lowest BCUT2D eigenvalue weighted by molar-refractivity contribution is -0.120. The van der Waals surface area contributed by atoms with Crippen LogP contribution >= 0.6 is 23.1 Å². The van der Waals surface area contributed by atoms with Gasteiger partial charge in [0.2, 0.25) is 5.91 Å². The van der Waals surface area contributed by atoms with Gasteiger partial charge in [0.25, 0.3) is 5.56 Å². The molecule has 1 aliphatic carbocycles. The van der Waals surface area contributed by atoms with Crippen molar-refractivity contribution in [2.45, 2.75) is 49.9 Å². The van der Waals surface area contributed by atoms with Crippen LogP contribution in [0.3, 0.4) is 0 Å². The van der Waals surface area contributed by atoms with E-state index in [1.54, 1.807) is 15.9 Å². The molecule has 1 aliphatic heterocycles. The summed E-state index contributed by atoms with van der Waals surface area (Å²) in [6.45, 7) is 8.59. The minimum atomic E-state index is -0.381. The largest absolute Gasteiger partial charge is 0.379 e. The fourth-order valence-corrected chi connectivity index (χ4v) is 7.06. The molecule has 0 bridgehead atoms. The van der Waals surface area contributed by atoms with Crippen LogP contribution in [0.15, 0.2) is 34.2 Å². The highest BCUT2D eigenvalue weighted by Gasteiger charge is 2.25. The molecule has 1 aromatic carbocycles. The summed E-state index contributed by atoms with van der Waals surface area (Å²) in [6.07, 6.45) is 4.23. The van der Waals surface area contributed by atoms with Gasteiger partial charge in [0.15, 0.2) is 5.16 Å². The van der Waals surface area contributed by atoms with Crippen LogP contribution < -0.4 is 10.9 Å². The van der Waals surface area contributed by atoms with Gasteiger partial charge >= 0.3 is 0 Å². The van der Waals surface area contributed by atoms with Crippen molar-refractivity contribution >= 4 is 39.2 Å². The van der Waals surface area contributed by atoms with Crippen LogP contribution in [0.1, 0.15) is 35.8 Å². The normalized spacial score (nSPS) is 17.3. The van der Waals surface area contributed by atoms with Crippen LogP contribution in [-0.4, -0.2) is 65.0 Å². The fourth-order valence-electron chi connectivity index (χ4n) is 4.81. The molecule has 0 saturated carbocycles. The monoisotopic (exact) mass is 512 g/mol. The predicted octanol–water partition coefficient (Wildman–Crippen LogP) is 3.56. The summed E-state index contributed by atoms with van der Waals surface area (Å²) >= 11 is 3.00. The first kappa shape index (κ1) is 24.5. The lowest BCUT2D eigenvalue weighted by Crippen LogP contribution is -2.42. The second kappa shape index (κ2) is 10.8. The third kappa shape index (κ3) is 5.18. The average Bonchev–Trinajstić information content (AvgIpc) is 3.24. The van der Waals surface area contributed by atoms with Crippen LogP contribution in [0.4, 0.5) is 0 Å². The molecule has 2 aromatic heterocycles. The Hall–Kier alpha value is -2.20. The number of amides is 1. The minimum absolute atomic E-state index is 0.0221. The number of aryl methyl sites for hydroxylation is 3. The first-order valence-corrected chi connectivity index (χ1v) is 14.1. The molecule has 7 nitrogen and oxygen atoms in total. The Balaban J connectivity index is 1.43. The third-order valence-electron chi connectivity index (χ3n) is 6.80. The topological polar surface area (TPSA) is 76.5 Å². The zero-order chi connectivity index (χ0) is 24.4. The van der Waals surface area contributed by atoms with Gasteiger partial charge in [-0.05, 0) is 56.7 Å². The Morgan fingerprint density at radius 1 is 1.23 bits per heavy atom. The Bertz CT molecular complexity index is 1280. The van der Waals surface area contributed by atoms with E-state index >= 15 is 0 Å². The second-order valence-corrected chi connectivity index (χ2v) is 11.6. The summed E-state index contributed by atoms with van der Waals surface area (Å²) in [6, 6.07) is 7.88. The van der Waals surface area contributed by atoms with Gasteiger partial charge in [-0.2, -0.15) is 0 Å². The molecular weight excluding hydrogens is 480 g/mol. The van der Waals surface area contributed by atoms with Gasteiger partial charge in [0.05, 0.1) is 29.5 Å². The molecule has 2 aliphatic rings. The molecule has 1 N–H and O–H groups in total. The Morgan fingerprint density at radius 2 is 2.00 bits per heavy atom. The molecule has 186 valence electrons. The smallest absolute Gasteiger partial charge is 0.267 e. The summed E-state index contributed by atoms with van der Waals surface area (Å²) in [5.41, 5.74) is 2.99. The summed E-state index contributed by atoms with van der Waals surface area (Å²) in [7, 11) is 0. The van der Waals surface area contributed by atoms with E-state index in [9.17, 15) is 9.59 Å². The lowest BCUT2D eigenvalue weighted by atomic mass is 9.97. The van der Waals surface area contributed by atoms with Crippen LogP contribution in [0.25, 0.3) is 15.9 Å². The number of hydrogen-bond donors (Lipinski definition) is 1. The van der Waals surface area contributed by atoms with Gasteiger partial charge < -0.3 is 10.1 Å². The second-order valence-electron chi connectivity index (χ2n) is 9.22. The number of nitrogens with zero attached hydrogens (tertiary/aromatic N) is 3. The summed E-state index contributed by atoms with van der Waals surface area (Å²) in [5, 5.41) is 4.02. The summed E-state index contributed by atoms with van der Waals surface area (Å²) in [4.78, 5) is 36.2. The molecule has 1 saturated heterocycles. The van der Waals surface area contributed by atoms with E-state index in [1.807, 2.05) is 38.1 Å². The standard InChI is InChI=1S/C26H32N4O3S2/c1-17-7-3-5-9-20(17)30-25(32)22-19-8-4-6-10-21(19)35-24(22)28-26(30)34-18(2)23(31)27-11-12-29-13-15-33-16-14-29/h3,5,7,9,18H,4,6,8,10-16H2,1-2H3,(H,27,31). The molecule has 0 spiro atoms. The van der Waals surface area contributed by atoms with Crippen molar-refractivity contribution in [3.8, 4) is 5.69 Å². The van der Waals surface area contributed by atoms with E-state index in [4.69, 9.17) is 9.72 Å². The first-order valence-electron chi connectivity index (χ1n) is 12.4. The van der Waals surface area contributed by atoms with E-state index < -0.39 is 0 Å². The van der Waals surface area contributed by atoms with Crippen LogP contribution in [0.2, 0.25) is 0 Å². The number of morpholine rings is 1. The minimum Gasteiger partial charge on any atom is -0.379 e. The van der Waals surface area contributed by atoms with Crippen molar-refractivity contribution < 1.29 is 9.53 Å². The highest BCUT2D eigenvalue weighted by molar-refractivity contribution is 8.00. The fraction of sp³-hybridized carbons (Fsp3) is 0.500. The van der Waals surface area contributed by atoms with E-state index in [0.717, 1.165) is 80.0 Å². The van der Waals surface area contributed by atoms with E-state index in [0.29, 0.717) is 11.7 Å². The molecular formula is C26H32N4O3S2. The van der Waals surface area contributed by atoms with E-state index in [1.165, 1.54) is 22.2 Å². The zero-order valence-electron chi connectivity index (χ0n) is 20.3. The zero-order valence-corrected chi connectivity index (χ0v) is 22.0. The first-order chi connectivity index (χ1) is 17.0. The number of benzene rings is 1. The van der Waals surface area contributed by atoms with Crippen LogP contribution in [-0.2, 0) is 22.4 Å². The number of thioether (sulfide) groups is 1. The van der Waals surface area contributed by atoms with Crippen LogP contribution in [0, 0.1) is 6.92 Å². The number of nitrogens with one attached hydrogen (secondary N) is 1. The molecule has 1 atom stereocenters. The molecule has 0 radical (unpaired) electrons. The maximum Gasteiger partial charge on any atom is 0.267 e. The van der Waals surface area contributed by atoms with Gasteiger partial charge in [-0.3, -0.25) is 19.1 Å². The molecule has 9 heteroatoms. The van der Waals surface area contributed by atoms with Crippen molar-refractivity contribution in [1.29, 1.82) is 0 Å². The van der Waals surface area contributed by atoms with E-state index in [-0.39, 0.29) is 16.7 Å². The van der Waals surface area contributed by atoms with Crippen molar-refractivity contribution in [3.63, 3.8) is 0 Å². The molecule has 3 aromatic rings. The molecule has 1 amide bonds. The van der Waals surface area contributed by atoms with Gasteiger partial charge in [-0.25, -0.2) is 4.98 Å². The summed E-state index contributed by atoms with van der Waals surface area (Å²) < 4.78 is 7.11. The van der Waals surface area contributed by atoms with Gasteiger partial charge in [-0.15, -0.1) is 11.3 Å². The average molecular weight is 513 g/mol. The van der Waals surface area contributed by atoms with Gasteiger partial charge in [-0.1, -0.05) is 30.0 Å². The number of thiophene rings is 1. The number of carbonyl (C=O) groups excluding carboxylic acids is 1. The maximum absolute atomic E-state index is 13.9. The third-order valence-corrected chi connectivity index (χ3v) is 9.03. The maximum atomic E-state index is 13.9. The Kier molecular flexibility index (Phi) is 7.57. The number of para-hydroxylation sites is 1. The Morgan fingerprint density at radius 3 is 2.80 bits per heavy atom.